The van der Waals surface area contributed by atoms with Gasteiger partial charge in [-0.3, -0.25) is 0 Å². The van der Waals surface area contributed by atoms with Crippen LogP contribution in [0.25, 0.3) is 0 Å². The Morgan fingerprint density at radius 3 is 2.93 bits per heavy atom. The minimum atomic E-state index is 0.322. The first-order chi connectivity index (χ1) is 6.77. The largest absolute Gasteiger partial charge is 0.310 e. The predicted octanol–water partition coefficient (Wildman–Crippen LogP) is 3.20. The van der Waals surface area contributed by atoms with Crippen molar-refractivity contribution in [3.63, 3.8) is 0 Å². The Balaban J connectivity index is 2.24. The first-order valence-corrected chi connectivity index (χ1v) is 5.57. The number of rotatable bonds is 1. The Bertz CT molecular complexity index is 322. The molecule has 2 heterocycles. The summed E-state index contributed by atoms with van der Waals surface area (Å²) in [6.45, 7) is 1.05. The highest BCUT2D eigenvalue weighted by atomic mass is 35.5. The fourth-order valence-electron chi connectivity index (χ4n) is 1.80. The standard InChI is InChI=1S/C10H12Cl2N2/c11-7-5-8(10(12)14-6-7)9-3-1-2-4-13-9/h5-6,9,13H,1-4H2/t9-/m1/s1. The molecule has 1 N–H and O–H groups in total. The van der Waals surface area contributed by atoms with Crippen LogP contribution in [-0.2, 0) is 0 Å². The van der Waals surface area contributed by atoms with Gasteiger partial charge in [-0.25, -0.2) is 4.98 Å². The van der Waals surface area contributed by atoms with Gasteiger partial charge in [-0.1, -0.05) is 29.6 Å². The third-order valence-electron chi connectivity index (χ3n) is 2.52. The molecule has 2 nitrogen and oxygen atoms in total. The topological polar surface area (TPSA) is 24.9 Å². The molecule has 1 aromatic heterocycles. The SMILES string of the molecule is Clc1cnc(Cl)c([C@H]2CCCCN2)c1. The van der Waals surface area contributed by atoms with E-state index in [1.165, 1.54) is 12.8 Å². The quantitative estimate of drug-likeness (QED) is 0.750. The van der Waals surface area contributed by atoms with Gasteiger partial charge in [0.25, 0.3) is 0 Å². The Morgan fingerprint density at radius 2 is 2.21 bits per heavy atom. The third kappa shape index (κ3) is 2.19. The van der Waals surface area contributed by atoms with Crippen molar-refractivity contribution in [2.75, 3.05) is 6.54 Å². The van der Waals surface area contributed by atoms with Crippen molar-refractivity contribution < 1.29 is 0 Å². The average molecular weight is 231 g/mol. The van der Waals surface area contributed by atoms with E-state index in [2.05, 4.69) is 10.3 Å². The molecule has 0 saturated carbocycles. The highest BCUT2D eigenvalue weighted by Crippen LogP contribution is 2.29. The van der Waals surface area contributed by atoms with Gasteiger partial charge in [0.15, 0.2) is 0 Å². The van der Waals surface area contributed by atoms with Crippen LogP contribution in [0.5, 0.6) is 0 Å². The molecular formula is C10H12Cl2N2. The van der Waals surface area contributed by atoms with Crippen LogP contribution in [-0.4, -0.2) is 11.5 Å². The number of hydrogen-bond donors (Lipinski definition) is 1. The summed E-state index contributed by atoms with van der Waals surface area (Å²) < 4.78 is 0. The smallest absolute Gasteiger partial charge is 0.133 e. The average Bonchev–Trinajstić information content (AvgIpc) is 2.23. The van der Waals surface area contributed by atoms with Gasteiger partial charge in [0.1, 0.15) is 5.15 Å². The van der Waals surface area contributed by atoms with Gasteiger partial charge < -0.3 is 5.32 Å². The molecule has 2 rings (SSSR count). The molecule has 76 valence electrons. The third-order valence-corrected chi connectivity index (χ3v) is 3.04. The van der Waals surface area contributed by atoms with Crippen LogP contribution in [0, 0.1) is 0 Å². The zero-order chi connectivity index (χ0) is 9.97. The molecule has 0 unspecified atom stereocenters. The normalized spacial score (nSPS) is 22.3. The first kappa shape index (κ1) is 10.2. The molecule has 1 aromatic rings. The molecule has 1 saturated heterocycles. The fourth-order valence-corrected chi connectivity index (χ4v) is 2.20. The second-order valence-corrected chi connectivity index (χ2v) is 4.33. The number of pyridine rings is 1. The van der Waals surface area contributed by atoms with Gasteiger partial charge in [-0.05, 0) is 25.5 Å². The zero-order valence-corrected chi connectivity index (χ0v) is 9.28. The Morgan fingerprint density at radius 1 is 1.36 bits per heavy atom. The van der Waals surface area contributed by atoms with Crippen molar-refractivity contribution in [1.82, 2.24) is 10.3 Å². The van der Waals surface area contributed by atoms with Gasteiger partial charge >= 0.3 is 0 Å². The van der Waals surface area contributed by atoms with Crippen molar-refractivity contribution in [1.29, 1.82) is 0 Å². The van der Waals surface area contributed by atoms with Crippen molar-refractivity contribution in [2.24, 2.45) is 0 Å². The van der Waals surface area contributed by atoms with Gasteiger partial charge in [0, 0.05) is 17.8 Å². The van der Waals surface area contributed by atoms with Crippen molar-refractivity contribution in [2.45, 2.75) is 25.3 Å². The second-order valence-electron chi connectivity index (χ2n) is 3.54. The molecule has 0 amide bonds. The molecular weight excluding hydrogens is 219 g/mol. The molecule has 0 spiro atoms. The van der Waals surface area contributed by atoms with Crippen LogP contribution in [0.1, 0.15) is 30.9 Å². The van der Waals surface area contributed by atoms with Gasteiger partial charge in [0.05, 0.1) is 5.02 Å². The molecule has 0 bridgehead atoms. The number of aromatic nitrogens is 1. The number of hydrogen-bond acceptors (Lipinski definition) is 2. The van der Waals surface area contributed by atoms with Crippen molar-refractivity contribution in [3.8, 4) is 0 Å². The van der Waals surface area contributed by atoms with E-state index in [9.17, 15) is 0 Å². The Labute approximate surface area is 93.6 Å². The maximum Gasteiger partial charge on any atom is 0.133 e. The zero-order valence-electron chi connectivity index (χ0n) is 7.76. The fraction of sp³-hybridized carbons (Fsp3) is 0.500. The van der Waals surface area contributed by atoms with Crippen LogP contribution in [0.2, 0.25) is 10.2 Å². The van der Waals surface area contributed by atoms with E-state index in [4.69, 9.17) is 23.2 Å². The van der Waals surface area contributed by atoms with E-state index in [0.717, 1.165) is 18.5 Å². The van der Waals surface area contributed by atoms with Gasteiger partial charge in [-0.15, -0.1) is 0 Å². The van der Waals surface area contributed by atoms with E-state index >= 15 is 0 Å². The van der Waals surface area contributed by atoms with Crippen LogP contribution in [0.4, 0.5) is 0 Å². The van der Waals surface area contributed by atoms with Crippen molar-refractivity contribution >= 4 is 23.2 Å². The summed E-state index contributed by atoms with van der Waals surface area (Å²) in [5, 5.41) is 4.63. The number of halogens is 2. The Kier molecular flexibility index (Phi) is 3.26. The number of nitrogens with one attached hydrogen (secondary N) is 1. The molecule has 0 aromatic carbocycles. The summed E-state index contributed by atoms with van der Waals surface area (Å²) in [7, 11) is 0. The highest BCUT2D eigenvalue weighted by molar-refractivity contribution is 6.32. The van der Waals surface area contributed by atoms with Crippen LogP contribution in [0.15, 0.2) is 12.3 Å². The van der Waals surface area contributed by atoms with Crippen molar-refractivity contribution in [3.05, 3.63) is 28.0 Å². The van der Waals surface area contributed by atoms with E-state index < -0.39 is 0 Å². The second kappa shape index (κ2) is 4.47. The maximum atomic E-state index is 6.02. The minimum Gasteiger partial charge on any atom is -0.310 e. The molecule has 4 heteroatoms. The minimum absolute atomic E-state index is 0.322. The Hall–Kier alpha value is -0.310. The molecule has 1 aliphatic heterocycles. The highest BCUT2D eigenvalue weighted by Gasteiger charge is 2.18. The van der Waals surface area contributed by atoms with E-state index in [1.54, 1.807) is 6.20 Å². The van der Waals surface area contributed by atoms with Gasteiger partial charge in [0.2, 0.25) is 0 Å². The molecule has 1 fully saturated rings. The summed E-state index contributed by atoms with van der Waals surface area (Å²) in [5.41, 5.74) is 1.03. The summed E-state index contributed by atoms with van der Waals surface area (Å²) in [5.74, 6) is 0. The lowest BCUT2D eigenvalue weighted by molar-refractivity contribution is 0.412. The van der Waals surface area contributed by atoms with Crippen LogP contribution < -0.4 is 5.32 Å². The molecule has 14 heavy (non-hydrogen) atoms. The van der Waals surface area contributed by atoms with E-state index in [1.807, 2.05) is 6.07 Å². The lowest BCUT2D eigenvalue weighted by Gasteiger charge is -2.24. The lowest BCUT2D eigenvalue weighted by Crippen LogP contribution is -2.27. The number of piperidine rings is 1. The molecule has 1 aliphatic rings. The van der Waals surface area contributed by atoms with Gasteiger partial charge in [-0.2, -0.15) is 0 Å². The first-order valence-electron chi connectivity index (χ1n) is 4.81. The summed E-state index contributed by atoms with van der Waals surface area (Å²) in [6, 6.07) is 2.22. The van der Waals surface area contributed by atoms with Crippen LogP contribution in [0.3, 0.4) is 0 Å². The lowest BCUT2D eigenvalue weighted by atomic mass is 9.99. The summed E-state index contributed by atoms with van der Waals surface area (Å²) in [4.78, 5) is 4.05. The molecule has 0 aliphatic carbocycles. The summed E-state index contributed by atoms with van der Waals surface area (Å²) in [6.07, 6.45) is 5.17. The van der Waals surface area contributed by atoms with E-state index in [-0.39, 0.29) is 0 Å². The van der Waals surface area contributed by atoms with Crippen LogP contribution >= 0.6 is 23.2 Å². The maximum absolute atomic E-state index is 6.02. The summed E-state index contributed by atoms with van der Waals surface area (Å²) >= 11 is 11.9. The van der Waals surface area contributed by atoms with E-state index in [0.29, 0.717) is 16.2 Å². The monoisotopic (exact) mass is 230 g/mol. The predicted molar refractivity (Wildman–Crippen MR) is 58.9 cm³/mol. The molecule has 1 atom stereocenters. The molecule has 0 radical (unpaired) electrons. The number of nitrogens with zero attached hydrogens (tertiary/aromatic N) is 1.